The molecule has 1 heterocycles. The third kappa shape index (κ3) is 3.23. The van der Waals surface area contributed by atoms with Gasteiger partial charge in [-0.15, -0.1) is 11.3 Å². The Morgan fingerprint density at radius 2 is 1.73 bits per heavy atom. The van der Waals surface area contributed by atoms with E-state index >= 15 is 0 Å². The number of primary amides is 1. The van der Waals surface area contributed by atoms with Gasteiger partial charge >= 0.3 is 0 Å². The molecule has 0 aliphatic heterocycles. The second kappa shape index (κ2) is 7.08. The first-order valence-electron chi connectivity index (χ1n) is 12.0. The van der Waals surface area contributed by atoms with Crippen LogP contribution in [0.5, 0.6) is 0 Å². The monoisotopic (exact) mass is 428 g/mol. The van der Waals surface area contributed by atoms with Gasteiger partial charge in [-0.1, -0.05) is 27.2 Å². The molecule has 6 rings (SSSR count). The Morgan fingerprint density at radius 1 is 1.13 bits per heavy atom. The molecular formula is C25H36N2O2S. The van der Waals surface area contributed by atoms with Crippen molar-refractivity contribution in [3.8, 4) is 0 Å². The van der Waals surface area contributed by atoms with E-state index in [1.165, 1.54) is 24.1 Å². The van der Waals surface area contributed by atoms with Gasteiger partial charge in [0.15, 0.2) is 0 Å². The normalized spacial score (nSPS) is 34.6. The average molecular weight is 429 g/mol. The second-order valence-electron chi connectivity index (χ2n) is 11.5. The zero-order chi connectivity index (χ0) is 21.3. The fraction of sp³-hybridized carbons (Fsp3) is 0.760. The molecule has 4 saturated carbocycles. The van der Waals surface area contributed by atoms with Crippen LogP contribution >= 0.6 is 11.3 Å². The highest BCUT2D eigenvalue weighted by Gasteiger charge is 2.54. The summed E-state index contributed by atoms with van der Waals surface area (Å²) in [6.45, 7) is 6.96. The molecule has 0 aromatic carbocycles. The molecule has 5 aliphatic rings. The predicted molar refractivity (Wildman–Crippen MR) is 122 cm³/mol. The largest absolute Gasteiger partial charge is 0.365 e. The van der Waals surface area contributed by atoms with Gasteiger partial charge in [0.2, 0.25) is 5.91 Å². The van der Waals surface area contributed by atoms with Gasteiger partial charge in [0, 0.05) is 4.88 Å². The number of hydrogen-bond acceptors (Lipinski definition) is 3. The Kier molecular flexibility index (Phi) is 4.85. The van der Waals surface area contributed by atoms with Crippen LogP contribution in [0.4, 0.5) is 5.00 Å². The van der Waals surface area contributed by atoms with Crippen molar-refractivity contribution in [3.05, 3.63) is 16.0 Å². The molecule has 1 aromatic heterocycles. The highest BCUT2D eigenvalue weighted by atomic mass is 32.1. The standard InChI is InChI=1S/C25H36N2O2S/c1-4-24(2,3)17-5-6-18-19(10-17)30-22(20(18)21(26)28)27-23(29)25-11-14-7-15(12-25)9-16(8-14)13-25/h14-17H,4-13H2,1-3H3,(H2,26,28)(H,27,29)/t14?,15?,16?,17-,25?/m1/s1. The van der Waals surface area contributed by atoms with Gasteiger partial charge in [-0.05, 0) is 92.4 Å². The van der Waals surface area contributed by atoms with Crippen LogP contribution in [-0.4, -0.2) is 11.8 Å². The highest BCUT2D eigenvalue weighted by molar-refractivity contribution is 7.17. The van der Waals surface area contributed by atoms with Gasteiger partial charge in [0.1, 0.15) is 5.00 Å². The number of rotatable bonds is 5. The van der Waals surface area contributed by atoms with Crippen molar-refractivity contribution in [1.82, 2.24) is 0 Å². The third-order valence-corrected chi connectivity index (χ3v) is 10.4. The van der Waals surface area contributed by atoms with Crippen molar-refractivity contribution in [2.24, 2.45) is 40.2 Å². The van der Waals surface area contributed by atoms with Crippen molar-refractivity contribution in [1.29, 1.82) is 0 Å². The molecular weight excluding hydrogens is 392 g/mol. The summed E-state index contributed by atoms with van der Waals surface area (Å²) in [6.07, 6.45) is 11.2. The molecule has 3 N–H and O–H groups in total. The molecule has 164 valence electrons. The number of nitrogens with two attached hydrogens (primary N) is 1. The fourth-order valence-electron chi connectivity index (χ4n) is 7.51. The van der Waals surface area contributed by atoms with Crippen molar-refractivity contribution in [3.63, 3.8) is 0 Å². The van der Waals surface area contributed by atoms with E-state index in [2.05, 4.69) is 26.1 Å². The summed E-state index contributed by atoms with van der Waals surface area (Å²) in [7, 11) is 0. The van der Waals surface area contributed by atoms with Crippen LogP contribution in [0.3, 0.4) is 0 Å². The van der Waals surface area contributed by atoms with Crippen LogP contribution in [0, 0.1) is 34.5 Å². The molecule has 4 fully saturated rings. The smallest absolute Gasteiger partial charge is 0.251 e. The number of carbonyl (C=O) groups excluding carboxylic acids is 2. The molecule has 5 heteroatoms. The maximum Gasteiger partial charge on any atom is 0.251 e. The number of carbonyl (C=O) groups is 2. The van der Waals surface area contributed by atoms with E-state index in [1.54, 1.807) is 11.3 Å². The SMILES string of the molecule is CCC(C)(C)[C@@H]1CCc2c(sc(NC(=O)C34CC5CC(CC(C5)C3)C4)c2C(N)=O)C1. The van der Waals surface area contributed by atoms with E-state index < -0.39 is 0 Å². The Bertz CT molecular complexity index is 849. The van der Waals surface area contributed by atoms with Crippen LogP contribution in [0.15, 0.2) is 0 Å². The molecule has 4 nitrogen and oxygen atoms in total. The van der Waals surface area contributed by atoms with Crippen LogP contribution < -0.4 is 11.1 Å². The molecule has 5 aliphatic carbocycles. The van der Waals surface area contributed by atoms with Crippen LogP contribution in [-0.2, 0) is 17.6 Å². The summed E-state index contributed by atoms with van der Waals surface area (Å²) >= 11 is 1.62. The Morgan fingerprint density at radius 3 is 2.27 bits per heavy atom. The summed E-state index contributed by atoms with van der Waals surface area (Å²) in [5.74, 6) is 2.57. The lowest BCUT2D eigenvalue weighted by Gasteiger charge is -2.55. The van der Waals surface area contributed by atoms with Gasteiger partial charge in [-0.3, -0.25) is 9.59 Å². The predicted octanol–water partition coefficient (Wildman–Crippen LogP) is 5.54. The summed E-state index contributed by atoms with van der Waals surface area (Å²) in [5, 5.41) is 3.98. The van der Waals surface area contributed by atoms with Crippen molar-refractivity contribution >= 4 is 28.2 Å². The summed E-state index contributed by atoms with van der Waals surface area (Å²) in [5.41, 5.74) is 7.62. The van der Waals surface area contributed by atoms with Gasteiger partial charge in [-0.2, -0.15) is 0 Å². The van der Waals surface area contributed by atoms with E-state index in [9.17, 15) is 9.59 Å². The molecule has 2 amide bonds. The fourth-order valence-corrected chi connectivity index (χ4v) is 8.84. The molecule has 0 unspecified atom stereocenters. The number of anilines is 1. The number of amides is 2. The Labute approximate surface area is 184 Å². The van der Waals surface area contributed by atoms with Crippen molar-refractivity contribution < 1.29 is 9.59 Å². The summed E-state index contributed by atoms with van der Waals surface area (Å²) in [4.78, 5) is 27.2. The highest BCUT2D eigenvalue weighted by Crippen LogP contribution is 2.60. The van der Waals surface area contributed by atoms with Crippen molar-refractivity contribution in [2.75, 3.05) is 5.32 Å². The van der Waals surface area contributed by atoms with Gasteiger partial charge < -0.3 is 11.1 Å². The lowest BCUT2D eigenvalue weighted by molar-refractivity contribution is -0.140. The molecule has 1 atom stereocenters. The molecule has 30 heavy (non-hydrogen) atoms. The number of nitrogens with one attached hydrogen (secondary N) is 1. The van der Waals surface area contributed by atoms with Gasteiger partial charge in [0.05, 0.1) is 11.0 Å². The lowest BCUT2D eigenvalue weighted by Crippen LogP contribution is -2.51. The molecule has 0 saturated heterocycles. The third-order valence-electron chi connectivity index (χ3n) is 9.28. The first-order chi connectivity index (χ1) is 14.2. The summed E-state index contributed by atoms with van der Waals surface area (Å²) < 4.78 is 0. The van der Waals surface area contributed by atoms with Gasteiger partial charge in [-0.25, -0.2) is 0 Å². The Hall–Kier alpha value is -1.36. The van der Waals surface area contributed by atoms with Crippen LogP contribution in [0.25, 0.3) is 0 Å². The lowest BCUT2D eigenvalue weighted by atomic mass is 9.49. The van der Waals surface area contributed by atoms with Crippen LogP contribution in [0.1, 0.15) is 92.9 Å². The molecule has 0 radical (unpaired) electrons. The van der Waals surface area contributed by atoms with Crippen molar-refractivity contribution in [2.45, 2.75) is 85.0 Å². The Balaban J connectivity index is 1.42. The van der Waals surface area contributed by atoms with Gasteiger partial charge in [0.25, 0.3) is 5.91 Å². The average Bonchev–Trinajstić information content (AvgIpc) is 3.04. The van der Waals surface area contributed by atoms with E-state index in [4.69, 9.17) is 5.73 Å². The summed E-state index contributed by atoms with van der Waals surface area (Å²) in [6, 6.07) is 0. The maximum absolute atomic E-state index is 13.6. The maximum atomic E-state index is 13.6. The van der Waals surface area contributed by atoms with E-state index in [0.717, 1.165) is 73.3 Å². The quantitative estimate of drug-likeness (QED) is 0.646. The molecule has 4 bridgehead atoms. The first kappa shape index (κ1) is 20.5. The topological polar surface area (TPSA) is 72.2 Å². The van der Waals surface area contributed by atoms with E-state index in [1.807, 2.05) is 0 Å². The minimum absolute atomic E-state index is 0.160. The second-order valence-corrected chi connectivity index (χ2v) is 12.6. The minimum Gasteiger partial charge on any atom is -0.365 e. The van der Waals surface area contributed by atoms with Crippen LogP contribution in [0.2, 0.25) is 0 Å². The first-order valence-corrected chi connectivity index (χ1v) is 12.8. The number of thiophene rings is 1. The zero-order valence-corrected chi connectivity index (χ0v) is 19.5. The minimum atomic E-state index is -0.387. The number of hydrogen-bond donors (Lipinski definition) is 2. The molecule has 0 spiro atoms. The zero-order valence-electron chi connectivity index (χ0n) is 18.7. The number of fused-ring (bicyclic) bond motifs is 1. The van der Waals surface area contributed by atoms with E-state index in [0.29, 0.717) is 11.5 Å². The molecule has 1 aromatic rings. The van der Waals surface area contributed by atoms with E-state index in [-0.39, 0.29) is 22.6 Å².